The Kier molecular flexibility index (Phi) is 6.51. The average molecular weight is 467 g/mol. The fourth-order valence-corrected chi connectivity index (χ4v) is 3.82. The number of nitrogens with zero attached hydrogens (tertiary/aromatic N) is 2. The Labute approximate surface area is 196 Å². The third kappa shape index (κ3) is 4.50. The molecule has 1 aromatic heterocycles. The molecule has 0 radical (unpaired) electrons. The van der Waals surface area contributed by atoms with E-state index in [-0.39, 0.29) is 17.2 Å². The predicted molar refractivity (Wildman–Crippen MR) is 124 cm³/mol. The van der Waals surface area contributed by atoms with Gasteiger partial charge in [-0.25, -0.2) is 0 Å². The smallest absolute Gasteiger partial charge is 0.301 e. The van der Waals surface area contributed by atoms with Crippen LogP contribution in [0.2, 0.25) is 5.02 Å². The van der Waals surface area contributed by atoms with Crippen molar-refractivity contribution in [1.82, 2.24) is 5.16 Å². The molecule has 0 bridgehead atoms. The van der Waals surface area contributed by atoms with E-state index in [9.17, 15) is 14.7 Å². The van der Waals surface area contributed by atoms with Crippen LogP contribution >= 0.6 is 11.6 Å². The number of anilines is 1. The zero-order chi connectivity index (χ0) is 23.5. The fourth-order valence-electron chi connectivity index (χ4n) is 3.69. The normalized spacial score (nSPS) is 17.5. The van der Waals surface area contributed by atoms with E-state index in [1.807, 2.05) is 0 Å². The molecular weight excluding hydrogens is 444 g/mol. The molecule has 0 unspecified atom stereocenters. The monoisotopic (exact) mass is 466 g/mol. The van der Waals surface area contributed by atoms with Crippen LogP contribution in [0.4, 0.5) is 5.82 Å². The third-order valence-corrected chi connectivity index (χ3v) is 5.64. The van der Waals surface area contributed by atoms with Crippen LogP contribution in [0.1, 0.15) is 42.7 Å². The van der Waals surface area contributed by atoms with Gasteiger partial charge >= 0.3 is 5.91 Å². The van der Waals surface area contributed by atoms with Gasteiger partial charge in [0.2, 0.25) is 0 Å². The van der Waals surface area contributed by atoms with Gasteiger partial charge in [0.1, 0.15) is 17.3 Å². The topological polar surface area (TPSA) is 92.9 Å². The number of aromatic nitrogens is 1. The van der Waals surface area contributed by atoms with E-state index in [4.69, 9.17) is 20.9 Å². The average Bonchev–Trinajstić information content (AvgIpc) is 3.35. The summed E-state index contributed by atoms with van der Waals surface area (Å²) in [6.07, 6.45) is 1.96. The predicted octanol–water partition coefficient (Wildman–Crippen LogP) is 5.44. The number of amides is 1. The molecule has 8 heteroatoms. The summed E-state index contributed by atoms with van der Waals surface area (Å²) in [5, 5.41) is 15.5. The zero-order valence-electron chi connectivity index (χ0n) is 18.2. The van der Waals surface area contributed by atoms with Gasteiger partial charge in [-0.15, -0.1) is 0 Å². The molecular formula is C25H23ClN2O5. The van der Waals surface area contributed by atoms with Gasteiger partial charge in [0.25, 0.3) is 5.78 Å². The Morgan fingerprint density at radius 1 is 1.15 bits per heavy atom. The Balaban J connectivity index is 1.81. The molecule has 2 aromatic carbocycles. The largest absolute Gasteiger partial charge is 0.507 e. The maximum atomic E-state index is 13.1. The molecule has 33 heavy (non-hydrogen) atoms. The first kappa shape index (κ1) is 22.6. The van der Waals surface area contributed by atoms with Crippen molar-refractivity contribution in [3.05, 3.63) is 82.1 Å². The molecule has 4 rings (SSSR count). The van der Waals surface area contributed by atoms with Gasteiger partial charge in [-0.05, 0) is 55.3 Å². The summed E-state index contributed by atoms with van der Waals surface area (Å²) in [6.45, 7) is 4.38. The van der Waals surface area contributed by atoms with Crippen LogP contribution in [-0.4, -0.2) is 28.6 Å². The van der Waals surface area contributed by atoms with Crippen molar-refractivity contribution in [2.45, 2.75) is 32.7 Å². The molecule has 0 spiro atoms. The van der Waals surface area contributed by atoms with Gasteiger partial charge in [-0.3, -0.25) is 14.5 Å². The number of hydrogen-bond acceptors (Lipinski definition) is 6. The van der Waals surface area contributed by atoms with Crippen molar-refractivity contribution in [2.24, 2.45) is 0 Å². The summed E-state index contributed by atoms with van der Waals surface area (Å²) >= 11 is 5.96. The highest BCUT2D eigenvalue weighted by atomic mass is 35.5. The molecule has 170 valence electrons. The maximum Gasteiger partial charge on any atom is 0.301 e. The Morgan fingerprint density at radius 2 is 1.85 bits per heavy atom. The standard InChI is InChI=1S/C25H23ClN2O5/c1-3-4-13-32-19-11-7-16(8-12-19)22-21(23(29)17-5-9-18(26)10-6-17)24(30)25(31)28(22)20-14-15(2)33-27-20/h5-12,14,22,29H,3-4,13H2,1-2H3/t22-/m1/s1. The second-order valence-electron chi connectivity index (χ2n) is 7.74. The quantitative estimate of drug-likeness (QED) is 0.215. The van der Waals surface area contributed by atoms with Crippen molar-refractivity contribution in [2.75, 3.05) is 11.5 Å². The SMILES string of the molecule is CCCCOc1ccc([C@@H]2C(=C(O)c3ccc(Cl)cc3)C(=O)C(=O)N2c2cc(C)on2)cc1. The number of ether oxygens (including phenoxy) is 1. The number of benzene rings is 2. The van der Waals surface area contributed by atoms with Crippen LogP contribution in [0.3, 0.4) is 0 Å². The zero-order valence-corrected chi connectivity index (χ0v) is 19.0. The minimum atomic E-state index is -0.894. The van der Waals surface area contributed by atoms with E-state index < -0.39 is 17.7 Å². The lowest BCUT2D eigenvalue weighted by molar-refractivity contribution is -0.132. The van der Waals surface area contributed by atoms with E-state index in [0.717, 1.165) is 12.8 Å². The highest BCUT2D eigenvalue weighted by Gasteiger charge is 2.48. The fraction of sp³-hybridized carbons (Fsp3) is 0.240. The first-order valence-corrected chi connectivity index (χ1v) is 11.0. The third-order valence-electron chi connectivity index (χ3n) is 5.39. The molecule has 0 saturated carbocycles. The number of carbonyl (C=O) groups is 2. The number of halogens is 1. The molecule has 3 aromatic rings. The van der Waals surface area contributed by atoms with Gasteiger partial charge < -0.3 is 14.4 Å². The molecule has 7 nitrogen and oxygen atoms in total. The van der Waals surface area contributed by atoms with Crippen LogP contribution in [0.5, 0.6) is 5.75 Å². The highest BCUT2D eigenvalue weighted by molar-refractivity contribution is 6.51. The summed E-state index contributed by atoms with van der Waals surface area (Å²) in [5.74, 6) is -0.537. The number of rotatable bonds is 7. The van der Waals surface area contributed by atoms with Gasteiger partial charge in [0, 0.05) is 16.7 Å². The van der Waals surface area contributed by atoms with Crippen LogP contribution in [0.25, 0.3) is 5.76 Å². The van der Waals surface area contributed by atoms with Crippen molar-refractivity contribution >= 4 is 34.9 Å². The second kappa shape index (κ2) is 9.50. The van der Waals surface area contributed by atoms with Gasteiger partial charge in [-0.1, -0.05) is 42.2 Å². The minimum Gasteiger partial charge on any atom is -0.507 e. The number of aliphatic hydroxyl groups is 1. The maximum absolute atomic E-state index is 13.1. The van der Waals surface area contributed by atoms with Crippen LogP contribution in [0, 0.1) is 6.92 Å². The van der Waals surface area contributed by atoms with E-state index in [0.29, 0.717) is 34.3 Å². The van der Waals surface area contributed by atoms with E-state index in [1.165, 1.54) is 4.90 Å². The van der Waals surface area contributed by atoms with Gasteiger partial charge in [0.05, 0.1) is 18.2 Å². The first-order valence-electron chi connectivity index (χ1n) is 10.6. The number of hydrogen-bond donors (Lipinski definition) is 1. The Morgan fingerprint density at radius 3 is 2.45 bits per heavy atom. The lowest BCUT2D eigenvalue weighted by atomic mass is 9.95. The number of aryl methyl sites for hydroxylation is 1. The molecule has 1 aliphatic rings. The van der Waals surface area contributed by atoms with Crippen molar-refractivity contribution in [3.8, 4) is 5.75 Å². The Hall–Kier alpha value is -3.58. The van der Waals surface area contributed by atoms with E-state index in [2.05, 4.69) is 12.1 Å². The van der Waals surface area contributed by atoms with E-state index in [1.54, 1.807) is 61.5 Å². The summed E-state index contributed by atoms with van der Waals surface area (Å²) in [4.78, 5) is 27.4. The Bertz CT molecular complexity index is 1200. The molecule has 1 saturated heterocycles. The first-order chi connectivity index (χ1) is 15.9. The van der Waals surface area contributed by atoms with Crippen molar-refractivity contribution < 1.29 is 24.0 Å². The summed E-state index contributed by atoms with van der Waals surface area (Å²) in [7, 11) is 0. The number of Topliss-reactive ketones (excluding diaryl/α,β-unsaturated/α-hetero) is 1. The summed E-state index contributed by atoms with van der Waals surface area (Å²) < 4.78 is 10.9. The molecule has 1 fully saturated rings. The van der Waals surface area contributed by atoms with Crippen LogP contribution in [0.15, 0.2) is 64.7 Å². The summed E-state index contributed by atoms with van der Waals surface area (Å²) in [6, 6.07) is 14.2. The number of unbranched alkanes of at least 4 members (excludes halogenated alkanes) is 1. The molecule has 0 aliphatic carbocycles. The van der Waals surface area contributed by atoms with E-state index >= 15 is 0 Å². The lowest BCUT2D eigenvalue weighted by Gasteiger charge is -2.23. The van der Waals surface area contributed by atoms with Crippen LogP contribution < -0.4 is 9.64 Å². The van der Waals surface area contributed by atoms with Crippen LogP contribution in [-0.2, 0) is 9.59 Å². The number of ketones is 1. The molecule has 1 atom stereocenters. The minimum absolute atomic E-state index is 0.0392. The summed E-state index contributed by atoms with van der Waals surface area (Å²) in [5.41, 5.74) is 0.953. The van der Waals surface area contributed by atoms with Crippen molar-refractivity contribution in [1.29, 1.82) is 0 Å². The number of carbonyl (C=O) groups excluding carboxylic acids is 2. The van der Waals surface area contributed by atoms with Gasteiger partial charge in [0.15, 0.2) is 5.82 Å². The molecule has 2 heterocycles. The van der Waals surface area contributed by atoms with Crippen molar-refractivity contribution in [3.63, 3.8) is 0 Å². The lowest BCUT2D eigenvalue weighted by Crippen LogP contribution is -2.29. The van der Waals surface area contributed by atoms with Gasteiger partial charge in [-0.2, -0.15) is 0 Å². The number of aliphatic hydroxyl groups excluding tert-OH is 1. The highest BCUT2D eigenvalue weighted by Crippen LogP contribution is 2.42. The molecule has 1 aliphatic heterocycles. The second-order valence-corrected chi connectivity index (χ2v) is 8.18. The molecule has 1 N–H and O–H groups in total. The molecule has 1 amide bonds.